The molecule has 2 aromatic heterocycles. The predicted octanol–water partition coefficient (Wildman–Crippen LogP) is 4.34. The molecule has 0 aliphatic carbocycles. The molecule has 6 heteroatoms. The maximum Gasteiger partial charge on any atom is 0.309 e. The summed E-state index contributed by atoms with van der Waals surface area (Å²) in [6, 6.07) is 13.9. The van der Waals surface area contributed by atoms with Gasteiger partial charge in [0.15, 0.2) is 5.76 Å². The lowest BCUT2D eigenvalue weighted by molar-refractivity contribution is 0.0916. The van der Waals surface area contributed by atoms with E-state index >= 15 is 0 Å². The topological polar surface area (TPSA) is 81.2 Å². The smallest absolute Gasteiger partial charge is 0.309 e. The zero-order valence-corrected chi connectivity index (χ0v) is 15.4. The number of nitrogens with zero attached hydrogens (tertiary/aromatic N) is 2. The number of nitrogens with one attached hydrogen (secondary N) is 1. The highest BCUT2D eigenvalue weighted by atomic mass is 16.4. The summed E-state index contributed by atoms with van der Waals surface area (Å²) in [6.45, 7) is 6.36. The second-order valence-electron chi connectivity index (χ2n) is 6.64. The molecule has 4 aromatic rings. The van der Waals surface area contributed by atoms with Crippen LogP contribution in [0, 0.1) is 20.8 Å². The van der Waals surface area contributed by atoms with Crippen LogP contribution in [0.25, 0.3) is 22.6 Å². The third kappa shape index (κ3) is 3.33. The van der Waals surface area contributed by atoms with Gasteiger partial charge in [0.2, 0.25) is 0 Å². The molecule has 4 rings (SSSR count). The highest BCUT2D eigenvalue weighted by Crippen LogP contribution is 2.32. The zero-order chi connectivity index (χ0) is 19.0. The first kappa shape index (κ1) is 17.0. The van der Waals surface area contributed by atoms with Gasteiger partial charge in [-0.1, -0.05) is 41.5 Å². The Morgan fingerprint density at radius 1 is 0.963 bits per heavy atom. The number of hydrogen-bond acceptors (Lipinski definition) is 5. The van der Waals surface area contributed by atoms with Crippen molar-refractivity contribution in [2.24, 2.45) is 0 Å². The number of benzene rings is 2. The number of aromatic nitrogens is 2. The summed E-state index contributed by atoms with van der Waals surface area (Å²) in [5, 5.41) is 11.6. The molecule has 27 heavy (non-hydrogen) atoms. The average Bonchev–Trinajstić information content (AvgIpc) is 3.26. The van der Waals surface area contributed by atoms with E-state index in [1.807, 2.05) is 63.2 Å². The summed E-state index contributed by atoms with van der Waals surface area (Å²) in [4.78, 5) is 12.3. The molecule has 0 bridgehead atoms. The SMILES string of the molecule is Cc1ccc(CNC(=O)c2nnc(-c3oc4ccc(C)cc4c3C)o2)cc1. The number of rotatable bonds is 4. The zero-order valence-electron chi connectivity index (χ0n) is 15.4. The van der Waals surface area contributed by atoms with Gasteiger partial charge < -0.3 is 14.2 Å². The van der Waals surface area contributed by atoms with Crippen LogP contribution in [-0.2, 0) is 6.54 Å². The van der Waals surface area contributed by atoms with E-state index in [0.717, 1.165) is 27.7 Å². The quantitative estimate of drug-likeness (QED) is 0.585. The summed E-state index contributed by atoms with van der Waals surface area (Å²) in [7, 11) is 0. The standard InChI is InChI=1S/C21H19N3O3/c1-12-4-7-15(8-5-12)11-22-19(25)21-24-23-20(27-21)18-14(3)16-10-13(2)6-9-17(16)26-18/h4-10H,11H2,1-3H3,(H,22,25). The lowest BCUT2D eigenvalue weighted by atomic mass is 10.1. The third-order valence-electron chi connectivity index (χ3n) is 4.48. The molecule has 2 heterocycles. The summed E-state index contributed by atoms with van der Waals surface area (Å²) >= 11 is 0. The van der Waals surface area contributed by atoms with Crippen molar-refractivity contribution >= 4 is 16.9 Å². The molecule has 1 amide bonds. The monoisotopic (exact) mass is 361 g/mol. The van der Waals surface area contributed by atoms with Gasteiger partial charge in [-0.15, -0.1) is 10.2 Å². The van der Waals surface area contributed by atoms with Gasteiger partial charge in [0.05, 0.1) is 0 Å². The Kier molecular flexibility index (Phi) is 4.24. The van der Waals surface area contributed by atoms with Crippen LogP contribution in [0.1, 0.15) is 32.9 Å². The summed E-state index contributed by atoms with van der Waals surface area (Å²) in [5.74, 6) is 0.176. The normalized spacial score (nSPS) is 11.1. The second-order valence-corrected chi connectivity index (χ2v) is 6.64. The number of amides is 1. The fourth-order valence-corrected chi connectivity index (χ4v) is 2.91. The van der Waals surface area contributed by atoms with Gasteiger partial charge in [0.25, 0.3) is 5.89 Å². The molecule has 6 nitrogen and oxygen atoms in total. The lowest BCUT2D eigenvalue weighted by Gasteiger charge is -2.02. The molecular weight excluding hydrogens is 342 g/mol. The number of furan rings is 1. The van der Waals surface area contributed by atoms with E-state index in [0.29, 0.717) is 12.3 Å². The first-order valence-corrected chi connectivity index (χ1v) is 8.68. The van der Waals surface area contributed by atoms with Crippen molar-refractivity contribution in [1.29, 1.82) is 0 Å². The van der Waals surface area contributed by atoms with Gasteiger partial charge in [-0.2, -0.15) is 0 Å². The highest BCUT2D eigenvalue weighted by molar-refractivity contribution is 5.90. The fraction of sp³-hybridized carbons (Fsp3) is 0.190. The number of carbonyl (C=O) groups excluding carboxylic acids is 1. The molecule has 0 saturated carbocycles. The Labute approximate surface area is 156 Å². The molecule has 0 radical (unpaired) electrons. The van der Waals surface area contributed by atoms with Crippen molar-refractivity contribution in [3.8, 4) is 11.7 Å². The van der Waals surface area contributed by atoms with Crippen LogP contribution >= 0.6 is 0 Å². The van der Waals surface area contributed by atoms with Gasteiger partial charge in [-0.3, -0.25) is 4.79 Å². The number of carbonyl (C=O) groups is 1. The average molecular weight is 361 g/mol. The maximum atomic E-state index is 12.3. The number of fused-ring (bicyclic) bond motifs is 1. The molecule has 0 aliphatic heterocycles. The Morgan fingerprint density at radius 3 is 2.48 bits per heavy atom. The van der Waals surface area contributed by atoms with E-state index in [-0.39, 0.29) is 11.8 Å². The summed E-state index contributed by atoms with van der Waals surface area (Å²) in [5.41, 5.74) is 4.96. The Hall–Kier alpha value is -3.41. The third-order valence-corrected chi connectivity index (χ3v) is 4.48. The van der Waals surface area contributed by atoms with E-state index in [1.54, 1.807) is 0 Å². The van der Waals surface area contributed by atoms with Gasteiger partial charge in [0, 0.05) is 17.5 Å². The highest BCUT2D eigenvalue weighted by Gasteiger charge is 2.21. The number of aryl methyl sites for hydroxylation is 3. The van der Waals surface area contributed by atoms with E-state index < -0.39 is 5.91 Å². The second kappa shape index (κ2) is 6.72. The predicted molar refractivity (Wildman–Crippen MR) is 101 cm³/mol. The molecule has 2 aromatic carbocycles. The molecule has 0 atom stereocenters. The summed E-state index contributed by atoms with van der Waals surface area (Å²) in [6.07, 6.45) is 0. The van der Waals surface area contributed by atoms with Crippen molar-refractivity contribution in [3.63, 3.8) is 0 Å². The minimum absolute atomic E-state index is 0.0897. The van der Waals surface area contributed by atoms with E-state index in [9.17, 15) is 4.79 Å². The molecule has 136 valence electrons. The van der Waals surface area contributed by atoms with Crippen molar-refractivity contribution in [1.82, 2.24) is 15.5 Å². The first-order valence-electron chi connectivity index (χ1n) is 8.68. The minimum atomic E-state index is -0.418. The van der Waals surface area contributed by atoms with Gasteiger partial charge >= 0.3 is 11.8 Å². The van der Waals surface area contributed by atoms with Gasteiger partial charge in [-0.25, -0.2) is 0 Å². The van der Waals surface area contributed by atoms with Crippen LogP contribution in [0.15, 0.2) is 51.3 Å². The molecule has 0 fully saturated rings. The molecule has 0 unspecified atom stereocenters. The minimum Gasteiger partial charge on any atom is -0.451 e. The van der Waals surface area contributed by atoms with Crippen molar-refractivity contribution < 1.29 is 13.6 Å². The molecule has 0 saturated heterocycles. The Morgan fingerprint density at radius 2 is 1.70 bits per heavy atom. The van der Waals surface area contributed by atoms with Crippen LogP contribution < -0.4 is 5.32 Å². The Balaban J connectivity index is 1.53. The van der Waals surface area contributed by atoms with E-state index in [1.165, 1.54) is 5.56 Å². The van der Waals surface area contributed by atoms with E-state index in [4.69, 9.17) is 8.83 Å². The largest absolute Gasteiger partial charge is 0.451 e. The molecular formula is C21H19N3O3. The van der Waals surface area contributed by atoms with Crippen molar-refractivity contribution in [3.05, 3.63) is 70.6 Å². The van der Waals surface area contributed by atoms with Gasteiger partial charge in [0.1, 0.15) is 5.58 Å². The fourth-order valence-electron chi connectivity index (χ4n) is 2.91. The van der Waals surface area contributed by atoms with Gasteiger partial charge in [-0.05, 0) is 38.5 Å². The Bertz CT molecular complexity index is 1120. The molecule has 0 aliphatic rings. The maximum absolute atomic E-state index is 12.3. The van der Waals surface area contributed by atoms with Crippen LogP contribution in [0.4, 0.5) is 0 Å². The van der Waals surface area contributed by atoms with E-state index in [2.05, 4.69) is 15.5 Å². The van der Waals surface area contributed by atoms with Crippen molar-refractivity contribution in [2.45, 2.75) is 27.3 Å². The van der Waals surface area contributed by atoms with Crippen LogP contribution in [0.2, 0.25) is 0 Å². The molecule has 0 spiro atoms. The van der Waals surface area contributed by atoms with Crippen molar-refractivity contribution in [2.75, 3.05) is 0 Å². The van der Waals surface area contributed by atoms with Crippen LogP contribution in [0.5, 0.6) is 0 Å². The van der Waals surface area contributed by atoms with Crippen LogP contribution in [0.3, 0.4) is 0 Å². The summed E-state index contributed by atoms with van der Waals surface area (Å²) < 4.78 is 11.4. The van der Waals surface area contributed by atoms with Crippen LogP contribution in [-0.4, -0.2) is 16.1 Å². The lowest BCUT2D eigenvalue weighted by Crippen LogP contribution is -2.23. The number of hydrogen-bond donors (Lipinski definition) is 1. The first-order chi connectivity index (χ1) is 13.0. The molecule has 1 N–H and O–H groups in total.